The van der Waals surface area contributed by atoms with Crippen LogP contribution in [0.1, 0.15) is 25.7 Å². The highest BCUT2D eigenvalue weighted by Crippen LogP contribution is 2.32. The zero-order chi connectivity index (χ0) is 7.40. The summed E-state index contributed by atoms with van der Waals surface area (Å²) in [7, 11) is 5.78. The van der Waals surface area contributed by atoms with Crippen molar-refractivity contribution in [3.8, 4) is 0 Å². The van der Waals surface area contributed by atoms with Crippen LogP contribution in [0.4, 0.5) is 0 Å². The summed E-state index contributed by atoms with van der Waals surface area (Å²) in [6.45, 7) is 0. The highest BCUT2D eigenvalue weighted by Gasteiger charge is 2.21. The molecule has 0 heterocycles. The van der Waals surface area contributed by atoms with Crippen LogP contribution in [0.15, 0.2) is 0 Å². The van der Waals surface area contributed by atoms with E-state index in [0.29, 0.717) is 0 Å². The van der Waals surface area contributed by atoms with E-state index in [1.165, 1.54) is 38.0 Å². The van der Waals surface area contributed by atoms with Gasteiger partial charge in [-0.15, -0.1) is 18.5 Å². The van der Waals surface area contributed by atoms with Crippen LogP contribution in [0, 0.1) is 11.8 Å². The van der Waals surface area contributed by atoms with Gasteiger partial charge in [0.25, 0.3) is 0 Å². The second-order valence-corrected chi connectivity index (χ2v) is 4.22. The molecule has 0 aromatic rings. The first-order valence-electron chi connectivity index (χ1n) is 4.28. The minimum absolute atomic E-state index is 1.01. The first-order chi connectivity index (χ1) is 4.88. The highest BCUT2D eigenvalue weighted by atomic mass is 31.0. The van der Waals surface area contributed by atoms with Crippen molar-refractivity contribution in [3.05, 3.63) is 0 Å². The minimum atomic E-state index is 1.01. The molecule has 60 valence electrons. The van der Waals surface area contributed by atoms with E-state index in [4.69, 9.17) is 0 Å². The molecular weight excluding hydrogens is 158 g/mol. The fourth-order valence-electron chi connectivity index (χ4n) is 1.91. The maximum absolute atomic E-state index is 2.89. The van der Waals surface area contributed by atoms with Crippen LogP contribution in [-0.2, 0) is 0 Å². The second kappa shape index (κ2) is 4.68. The minimum Gasteiger partial charge on any atom is -0.137 e. The molecule has 2 heteroatoms. The van der Waals surface area contributed by atoms with Gasteiger partial charge in [-0.1, -0.05) is 12.8 Å². The molecule has 0 aliphatic heterocycles. The average molecular weight is 176 g/mol. The fraction of sp³-hybridized carbons (Fsp3) is 1.00. The monoisotopic (exact) mass is 176 g/mol. The Bertz CT molecular complexity index is 81.3. The maximum Gasteiger partial charge on any atom is -0.0348 e. The van der Waals surface area contributed by atoms with Gasteiger partial charge in [0.15, 0.2) is 0 Å². The molecule has 1 aliphatic carbocycles. The van der Waals surface area contributed by atoms with Gasteiger partial charge in [-0.2, -0.15) is 0 Å². The lowest BCUT2D eigenvalue weighted by molar-refractivity contribution is 0.287. The van der Waals surface area contributed by atoms with Crippen molar-refractivity contribution in [1.82, 2.24) is 0 Å². The Hall–Kier alpha value is 0.860. The highest BCUT2D eigenvalue weighted by molar-refractivity contribution is 7.16. The molecule has 1 aliphatic rings. The summed E-state index contributed by atoms with van der Waals surface area (Å²) in [4.78, 5) is 0. The summed E-state index contributed by atoms with van der Waals surface area (Å²) in [5, 5.41) is 0. The third-order valence-corrected chi connectivity index (χ3v) is 3.88. The lowest BCUT2D eigenvalue weighted by atomic mass is 9.81. The first-order valence-corrected chi connectivity index (χ1v) is 5.92. The second-order valence-electron chi connectivity index (χ2n) is 3.28. The molecule has 0 nitrogen and oxygen atoms in total. The molecule has 0 N–H and O–H groups in total. The smallest absolute Gasteiger partial charge is 0.0348 e. The van der Waals surface area contributed by atoms with Crippen LogP contribution in [0.25, 0.3) is 0 Å². The topological polar surface area (TPSA) is 0 Å². The molecule has 10 heavy (non-hydrogen) atoms. The predicted molar refractivity (Wildman–Crippen MR) is 54.6 cm³/mol. The van der Waals surface area contributed by atoms with Gasteiger partial charge in [0.1, 0.15) is 0 Å². The predicted octanol–water partition coefficient (Wildman–Crippen LogP) is 2.54. The lowest BCUT2D eigenvalue weighted by Crippen LogP contribution is -2.21. The molecule has 0 radical (unpaired) electrons. The zero-order valence-electron chi connectivity index (χ0n) is 6.55. The van der Waals surface area contributed by atoms with Crippen LogP contribution in [0.3, 0.4) is 0 Å². The Morgan fingerprint density at radius 3 is 1.60 bits per heavy atom. The van der Waals surface area contributed by atoms with Gasteiger partial charge in [-0.3, -0.25) is 0 Å². The summed E-state index contributed by atoms with van der Waals surface area (Å²) in [6, 6.07) is 0. The molecule has 4 unspecified atom stereocenters. The Labute approximate surface area is 68.9 Å². The van der Waals surface area contributed by atoms with Gasteiger partial charge in [0.2, 0.25) is 0 Å². The van der Waals surface area contributed by atoms with Gasteiger partial charge in [-0.05, 0) is 37.0 Å². The summed E-state index contributed by atoms with van der Waals surface area (Å²) in [5.74, 6) is 2.02. The third kappa shape index (κ3) is 2.18. The van der Waals surface area contributed by atoms with E-state index in [0.717, 1.165) is 11.8 Å². The fourth-order valence-corrected chi connectivity index (χ4v) is 3.15. The zero-order valence-corrected chi connectivity index (χ0v) is 8.86. The van der Waals surface area contributed by atoms with E-state index in [1.807, 2.05) is 0 Å². The van der Waals surface area contributed by atoms with E-state index in [9.17, 15) is 0 Å². The molecule has 1 saturated carbocycles. The average Bonchev–Trinajstić information content (AvgIpc) is 2.04. The van der Waals surface area contributed by atoms with Crippen LogP contribution >= 0.6 is 18.5 Å². The van der Waals surface area contributed by atoms with Gasteiger partial charge in [0, 0.05) is 0 Å². The molecule has 0 spiro atoms. The van der Waals surface area contributed by atoms with Gasteiger partial charge < -0.3 is 0 Å². The molecule has 0 bridgehead atoms. The van der Waals surface area contributed by atoms with Crippen LogP contribution < -0.4 is 0 Å². The number of hydrogen-bond donors (Lipinski definition) is 0. The van der Waals surface area contributed by atoms with E-state index < -0.39 is 0 Å². The summed E-state index contributed by atoms with van der Waals surface area (Å²) in [5.41, 5.74) is 0. The van der Waals surface area contributed by atoms with E-state index >= 15 is 0 Å². The van der Waals surface area contributed by atoms with Crippen LogP contribution in [0.5, 0.6) is 0 Å². The van der Waals surface area contributed by atoms with E-state index in [2.05, 4.69) is 18.5 Å². The number of hydrogen-bond acceptors (Lipinski definition) is 0. The third-order valence-electron chi connectivity index (χ3n) is 2.67. The number of rotatable bonds is 2. The lowest BCUT2D eigenvalue weighted by Gasteiger charge is -2.29. The largest absolute Gasteiger partial charge is 0.137 e. The Kier molecular flexibility index (Phi) is 4.19. The van der Waals surface area contributed by atoms with Crippen LogP contribution in [-0.4, -0.2) is 12.3 Å². The molecule has 4 atom stereocenters. The van der Waals surface area contributed by atoms with Crippen molar-refractivity contribution in [2.45, 2.75) is 25.7 Å². The summed E-state index contributed by atoms with van der Waals surface area (Å²) >= 11 is 0. The molecular formula is C8H18P2. The molecule has 1 rings (SSSR count). The molecule has 1 fully saturated rings. The van der Waals surface area contributed by atoms with Crippen molar-refractivity contribution in [1.29, 1.82) is 0 Å². The Morgan fingerprint density at radius 1 is 0.900 bits per heavy atom. The Morgan fingerprint density at radius 2 is 1.30 bits per heavy atom. The quantitative estimate of drug-likeness (QED) is 0.567. The van der Waals surface area contributed by atoms with Gasteiger partial charge >= 0.3 is 0 Å². The van der Waals surface area contributed by atoms with Gasteiger partial charge in [0.05, 0.1) is 0 Å². The van der Waals surface area contributed by atoms with Crippen LogP contribution in [0.2, 0.25) is 0 Å². The van der Waals surface area contributed by atoms with Crippen molar-refractivity contribution < 1.29 is 0 Å². The SMILES string of the molecule is PCC1CCCCC1CP. The van der Waals surface area contributed by atoms with E-state index in [-0.39, 0.29) is 0 Å². The standard InChI is InChI=1S/C8H18P2/c9-5-7-3-1-2-4-8(7)6-10/h7-8H,1-6,9-10H2. The molecule has 0 aromatic heterocycles. The summed E-state index contributed by atoms with van der Waals surface area (Å²) in [6.07, 6.45) is 8.53. The molecule has 0 aromatic carbocycles. The molecule has 0 saturated heterocycles. The Balaban J connectivity index is 2.34. The van der Waals surface area contributed by atoms with Crippen molar-refractivity contribution in [2.24, 2.45) is 11.8 Å². The summed E-state index contributed by atoms with van der Waals surface area (Å²) < 4.78 is 0. The first kappa shape index (κ1) is 8.95. The van der Waals surface area contributed by atoms with Crippen molar-refractivity contribution in [3.63, 3.8) is 0 Å². The van der Waals surface area contributed by atoms with Crippen molar-refractivity contribution in [2.75, 3.05) is 12.3 Å². The van der Waals surface area contributed by atoms with Gasteiger partial charge in [-0.25, -0.2) is 0 Å². The molecule has 0 amide bonds. The van der Waals surface area contributed by atoms with E-state index in [1.54, 1.807) is 0 Å². The maximum atomic E-state index is 2.89. The van der Waals surface area contributed by atoms with Crippen molar-refractivity contribution >= 4 is 18.5 Å². The normalized spacial score (nSPS) is 34.2.